The predicted molar refractivity (Wildman–Crippen MR) is 122 cm³/mol. The largest absolute Gasteiger partial charge is 0.494 e. The number of nitrogens with zero attached hydrogens (tertiary/aromatic N) is 2. The van der Waals surface area contributed by atoms with E-state index in [1.54, 1.807) is 35.1 Å². The van der Waals surface area contributed by atoms with Crippen molar-refractivity contribution in [3.05, 3.63) is 96.7 Å². The van der Waals surface area contributed by atoms with Crippen molar-refractivity contribution in [3.63, 3.8) is 0 Å². The van der Waals surface area contributed by atoms with Gasteiger partial charge in [-0.3, -0.25) is 9.40 Å². The molecule has 0 atom stereocenters. The van der Waals surface area contributed by atoms with E-state index < -0.39 is 10.0 Å². The normalized spacial score (nSPS) is 11.3. The van der Waals surface area contributed by atoms with Crippen LogP contribution in [-0.4, -0.2) is 24.8 Å². The van der Waals surface area contributed by atoms with Crippen molar-refractivity contribution in [3.8, 4) is 17.0 Å². The molecule has 0 fully saturated rings. The number of hydrogen-bond donors (Lipinski definition) is 1. The highest BCUT2D eigenvalue weighted by atomic mass is 32.2. The maximum atomic E-state index is 13.3. The molecule has 0 spiro atoms. The maximum absolute atomic E-state index is 13.3. The van der Waals surface area contributed by atoms with Crippen LogP contribution in [0.1, 0.15) is 12.5 Å². The molecule has 3 aromatic carbocycles. The van der Waals surface area contributed by atoms with Gasteiger partial charge in [0.1, 0.15) is 16.3 Å². The zero-order valence-electron chi connectivity index (χ0n) is 17.1. The van der Waals surface area contributed by atoms with Gasteiger partial charge in [-0.05, 0) is 36.8 Å². The van der Waals surface area contributed by atoms with Crippen LogP contribution in [0.25, 0.3) is 11.3 Å². The minimum atomic E-state index is -3.86. The van der Waals surface area contributed by atoms with Gasteiger partial charge >= 0.3 is 0 Å². The van der Waals surface area contributed by atoms with Crippen LogP contribution in [0, 0.1) is 0 Å². The molecule has 31 heavy (non-hydrogen) atoms. The molecule has 0 saturated heterocycles. The molecule has 0 amide bonds. The molecule has 0 radical (unpaired) electrons. The van der Waals surface area contributed by atoms with Crippen LogP contribution >= 0.6 is 0 Å². The van der Waals surface area contributed by atoms with Crippen LogP contribution in [0.5, 0.6) is 5.75 Å². The van der Waals surface area contributed by atoms with Crippen LogP contribution in [0.2, 0.25) is 0 Å². The van der Waals surface area contributed by atoms with Crippen molar-refractivity contribution in [2.75, 3.05) is 11.3 Å². The van der Waals surface area contributed by atoms with Crippen molar-refractivity contribution in [2.24, 2.45) is 0 Å². The lowest BCUT2D eigenvalue weighted by Gasteiger charge is -2.09. The van der Waals surface area contributed by atoms with Crippen LogP contribution in [0.15, 0.2) is 96.0 Å². The second-order valence-electron chi connectivity index (χ2n) is 6.95. The van der Waals surface area contributed by atoms with Gasteiger partial charge in [0.15, 0.2) is 0 Å². The second-order valence-corrected chi connectivity index (χ2v) is 8.60. The molecule has 1 aromatic heterocycles. The average Bonchev–Trinajstić information content (AvgIpc) is 3.21. The van der Waals surface area contributed by atoms with Gasteiger partial charge in [-0.25, -0.2) is 8.42 Å². The van der Waals surface area contributed by atoms with Crippen LogP contribution < -0.4 is 9.46 Å². The van der Waals surface area contributed by atoms with Gasteiger partial charge < -0.3 is 4.74 Å². The Balaban J connectivity index is 1.69. The van der Waals surface area contributed by atoms with Crippen molar-refractivity contribution < 1.29 is 13.2 Å². The monoisotopic (exact) mass is 433 g/mol. The summed E-state index contributed by atoms with van der Waals surface area (Å²) in [5.74, 6) is 0.686. The summed E-state index contributed by atoms with van der Waals surface area (Å²) in [6.45, 7) is 2.92. The van der Waals surface area contributed by atoms with E-state index in [0.717, 1.165) is 11.1 Å². The Bertz CT molecular complexity index is 1240. The summed E-state index contributed by atoms with van der Waals surface area (Å²) in [6.07, 6.45) is 1.58. The van der Waals surface area contributed by atoms with Gasteiger partial charge in [-0.1, -0.05) is 60.7 Å². The first-order valence-corrected chi connectivity index (χ1v) is 11.5. The number of aromatic nitrogens is 2. The Kier molecular flexibility index (Phi) is 6.04. The fourth-order valence-corrected chi connectivity index (χ4v) is 4.47. The smallest absolute Gasteiger partial charge is 0.265 e. The fourth-order valence-electron chi connectivity index (χ4n) is 3.24. The van der Waals surface area contributed by atoms with E-state index in [-0.39, 0.29) is 4.90 Å². The Labute approximate surface area is 182 Å². The molecular formula is C24H23N3O3S. The van der Waals surface area contributed by atoms with E-state index in [9.17, 15) is 8.42 Å². The number of nitrogens with one attached hydrogen (secondary N) is 1. The second kappa shape index (κ2) is 9.06. The topological polar surface area (TPSA) is 73.2 Å². The molecule has 0 aliphatic heterocycles. The molecule has 0 bridgehead atoms. The highest BCUT2D eigenvalue weighted by Crippen LogP contribution is 2.28. The van der Waals surface area contributed by atoms with Crippen LogP contribution in [0.4, 0.5) is 5.69 Å². The van der Waals surface area contributed by atoms with Gasteiger partial charge in [0, 0.05) is 17.4 Å². The van der Waals surface area contributed by atoms with E-state index in [1.165, 1.54) is 0 Å². The van der Waals surface area contributed by atoms with Gasteiger partial charge in [-0.15, -0.1) is 0 Å². The molecule has 0 unspecified atom stereocenters. The quantitative estimate of drug-likeness (QED) is 0.433. The highest BCUT2D eigenvalue weighted by Gasteiger charge is 2.24. The molecule has 0 aliphatic carbocycles. The first-order valence-electron chi connectivity index (χ1n) is 9.97. The zero-order valence-corrected chi connectivity index (χ0v) is 17.9. The lowest BCUT2D eigenvalue weighted by atomic mass is 10.2. The minimum absolute atomic E-state index is 0.128. The molecule has 1 N–H and O–H groups in total. The van der Waals surface area contributed by atoms with Crippen LogP contribution in [-0.2, 0) is 16.6 Å². The first-order chi connectivity index (χ1) is 15.0. The van der Waals surface area contributed by atoms with Crippen molar-refractivity contribution in [1.82, 2.24) is 9.78 Å². The van der Waals surface area contributed by atoms with Crippen molar-refractivity contribution >= 4 is 15.7 Å². The van der Waals surface area contributed by atoms with E-state index in [4.69, 9.17) is 4.74 Å². The number of rotatable bonds is 8. The van der Waals surface area contributed by atoms with Gasteiger partial charge in [0.2, 0.25) is 0 Å². The minimum Gasteiger partial charge on any atom is -0.494 e. The molecule has 4 rings (SSSR count). The van der Waals surface area contributed by atoms with Crippen molar-refractivity contribution in [1.29, 1.82) is 0 Å². The molecule has 6 nitrogen and oxygen atoms in total. The summed E-state index contributed by atoms with van der Waals surface area (Å²) in [6, 6.07) is 25.9. The lowest BCUT2D eigenvalue weighted by molar-refractivity contribution is 0.340. The molecular weight excluding hydrogens is 410 g/mol. The standard InChI is InChI=1S/C24H23N3O3S/c1-2-30-22-15-13-21(14-16-22)26-31(28,29)23-18-27(17-19-9-5-3-6-10-19)25-24(23)20-11-7-4-8-12-20/h3-16,18,26H,2,17H2,1H3. The maximum Gasteiger partial charge on any atom is 0.265 e. The number of anilines is 1. The Morgan fingerprint density at radius 2 is 1.55 bits per heavy atom. The van der Waals surface area contributed by atoms with Gasteiger partial charge in [0.25, 0.3) is 10.0 Å². The zero-order chi connectivity index (χ0) is 21.7. The lowest BCUT2D eigenvalue weighted by Crippen LogP contribution is -2.13. The van der Waals surface area contributed by atoms with E-state index in [0.29, 0.717) is 30.3 Å². The fraction of sp³-hybridized carbons (Fsp3) is 0.125. The van der Waals surface area contributed by atoms with Crippen molar-refractivity contribution in [2.45, 2.75) is 18.4 Å². The average molecular weight is 434 g/mol. The number of hydrogen-bond acceptors (Lipinski definition) is 4. The molecule has 0 aliphatic rings. The Hall–Kier alpha value is -3.58. The highest BCUT2D eigenvalue weighted by molar-refractivity contribution is 7.92. The molecule has 4 aromatic rings. The Morgan fingerprint density at radius 3 is 2.19 bits per heavy atom. The third kappa shape index (κ3) is 4.95. The number of sulfonamides is 1. The van der Waals surface area contributed by atoms with E-state index in [1.807, 2.05) is 67.6 Å². The summed E-state index contributed by atoms with van der Waals surface area (Å²) >= 11 is 0. The molecule has 158 valence electrons. The summed E-state index contributed by atoms with van der Waals surface area (Å²) in [4.78, 5) is 0.128. The van der Waals surface area contributed by atoms with Crippen LogP contribution in [0.3, 0.4) is 0 Å². The third-order valence-electron chi connectivity index (χ3n) is 4.67. The third-order valence-corrected chi connectivity index (χ3v) is 6.05. The summed E-state index contributed by atoms with van der Waals surface area (Å²) < 4.78 is 36.3. The number of ether oxygens (including phenoxy) is 1. The Morgan fingerprint density at radius 1 is 0.903 bits per heavy atom. The summed E-state index contributed by atoms with van der Waals surface area (Å²) in [5.41, 5.74) is 2.64. The van der Waals surface area contributed by atoms with E-state index >= 15 is 0 Å². The molecule has 1 heterocycles. The molecule has 0 saturated carbocycles. The van der Waals surface area contributed by atoms with Gasteiger partial charge in [0.05, 0.1) is 13.2 Å². The SMILES string of the molecule is CCOc1ccc(NS(=O)(=O)c2cn(Cc3ccccc3)nc2-c2ccccc2)cc1. The molecule has 7 heteroatoms. The van der Waals surface area contributed by atoms with Gasteiger partial charge in [-0.2, -0.15) is 5.10 Å². The summed E-state index contributed by atoms with van der Waals surface area (Å²) in [7, 11) is -3.86. The number of benzene rings is 3. The predicted octanol–water partition coefficient (Wildman–Crippen LogP) is 4.80. The summed E-state index contributed by atoms with van der Waals surface area (Å²) in [5, 5.41) is 4.60. The van der Waals surface area contributed by atoms with E-state index in [2.05, 4.69) is 9.82 Å². The first kappa shape index (κ1) is 20.7.